The average molecular weight is 406 g/mol. The Morgan fingerprint density at radius 2 is 1.17 bits per heavy atom. The Bertz CT molecular complexity index is 980. The van der Waals surface area contributed by atoms with Crippen molar-refractivity contribution in [1.29, 1.82) is 0 Å². The lowest BCUT2D eigenvalue weighted by molar-refractivity contribution is -0.139. The van der Waals surface area contributed by atoms with E-state index in [0.29, 0.717) is 5.75 Å². The van der Waals surface area contributed by atoms with Crippen molar-refractivity contribution in [2.75, 3.05) is 6.61 Å². The molecule has 0 bridgehead atoms. The molecule has 0 aromatic heterocycles. The molecule has 0 radical (unpaired) electrons. The topological polar surface area (TPSA) is 87.0 Å². The molecule has 3 aromatic rings. The van der Waals surface area contributed by atoms with Crippen LogP contribution in [0.25, 0.3) is 0 Å². The minimum Gasteiger partial charge on any atom is -0.507 e. The van der Waals surface area contributed by atoms with Crippen molar-refractivity contribution in [3.63, 3.8) is 0 Å². The number of rotatable bonds is 6. The Balaban J connectivity index is 2.12. The van der Waals surface area contributed by atoms with E-state index in [4.69, 9.17) is 9.84 Å². The van der Waals surface area contributed by atoms with Gasteiger partial charge in [-0.1, -0.05) is 36.4 Å². The number of phenols is 2. The largest absolute Gasteiger partial charge is 0.507 e. The first-order chi connectivity index (χ1) is 14.2. The zero-order valence-corrected chi connectivity index (χ0v) is 17.6. The standard InChI is InChI=1S/C25H26O5/c1-14-9-19(10-15(2)24(14)28)23(20-11-16(3)25(29)17(4)12-20)18-5-7-21(8-6-18)30-13-22(26)27/h5-12,23,28-29H,13H2,1-4H3,(H,26,27). The summed E-state index contributed by atoms with van der Waals surface area (Å²) in [5.74, 6) is -0.103. The van der Waals surface area contributed by atoms with Crippen LogP contribution in [0.3, 0.4) is 0 Å². The lowest BCUT2D eigenvalue weighted by atomic mass is 9.82. The number of phenolic OH excluding ortho intramolecular Hbond substituents is 2. The van der Waals surface area contributed by atoms with Gasteiger partial charge in [0.25, 0.3) is 0 Å². The lowest BCUT2D eigenvalue weighted by Crippen LogP contribution is -2.09. The van der Waals surface area contributed by atoms with E-state index in [1.807, 2.05) is 64.1 Å². The van der Waals surface area contributed by atoms with Crippen LogP contribution in [-0.2, 0) is 4.79 Å². The van der Waals surface area contributed by atoms with Crippen LogP contribution in [0.15, 0.2) is 48.5 Å². The van der Waals surface area contributed by atoms with Gasteiger partial charge in [0.15, 0.2) is 6.61 Å². The van der Waals surface area contributed by atoms with Crippen molar-refractivity contribution in [2.45, 2.75) is 33.6 Å². The van der Waals surface area contributed by atoms with Crippen LogP contribution in [0, 0.1) is 27.7 Å². The maximum atomic E-state index is 10.7. The minimum absolute atomic E-state index is 0.130. The van der Waals surface area contributed by atoms with Gasteiger partial charge in [-0.15, -0.1) is 0 Å². The van der Waals surface area contributed by atoms with E-state index in [2.05, 4.69) is 0 Å². The van der Waals surface area contributed by atoms with Crippen LogP contribution in [0.4, 0.5) is 0 Å². The first-order valence-corrected chi connectivity index (χ1v) is 9.72. The molecule has 0 unspecified atom stereocenters. The van der Waals surface area contributed by atoms with Crippen molar-refractivity contribution < 1.29 is 24.9 Å². The average Bonchev–Trinajstić information content (AvgIpc) is 2.69. The molecule has 0 spiro atoms. The number of ether oxygens (including phenoxy) is 1. The van der Waals surface area contributed by atoms with E-state index in [9.17, 15) is 15.0 Å². The molecule has 0 fully saturated rings. The van der Waals surface area contributed by atoms with Crippen molar-refractivity contribution in [2.24, 2.45) is 0 Å². The summed E-state index contributed by atoms with van der Waals surface area (Å²) in [6.07, 6.45) is 0. The Morgan fingerprint density at radius 3 is 1.53 bits per heavy atom. The molecule has 3 N–H and O–H groups in total. The maximum Gasteiger partial charge on any atom is 0.341 e. The second-order valence-electron chi connectivity index (χ2n) is 7.69. The van der Waals surface area contributed by atoms with Gasteiger partial charge in [-0.2, -0.15) is 0 Å². The molecular formula is C25H26O5. The van der Waals surface area contributed by atoms with Crippen LogP contribution in [0.1, 0.15) is 44.9 Å². The molecule has 0 atom stereocenters. The molecule has 0 heterocycles. The fourth-order valence-corrected chi connectivity index (χ4v) is 3.79. The highest BCUT2D eigenvalue weighted by Gasteiger charge is 2.20. The van der Waals surface area contributed by atoms with E-state index in [1.165, 1.54) is 0 Å². The van der Waals surface area contributed by atoms with Gasteiger partial charge >= 0.3 is 5.97 Å². The Hall–Kier alpha value is -3.47. The van der Waals surface area contributed by atoms with Gasteiger partial charge in [0.2, 0.25) is 0 Å². The van der Waals surface area contributed by atoms with E-state index >= 15 is 0 Å². The molecule has 0 aliphatic carbocycles. The lowest BCUT2D eigenvalue weighted by Gasteiger charge is -2.22. The van der Waals surface area contributed by atoms with Crippen LogP contribution in [0.5, 0.6) is 17.2 Å². The summed E-state index contributed by atoms with van der Waals surface area (Å²) in [7, 11) is 0. The van der Waals surface area contributed by atoms with Gasteiger partial charge in [0.1, 0.15) is 17.2 Å². The quantitative estimate of drug-likeness (QED) is 0.503. The highest BCUT2D eigenvalue weighted by molar-refractivity contribution is 5.68. The number of carboxylic acids is 1. The van der Waals surface area contributed by atoms with Crippen molar-refractivity contribution in [1.82, 2.24) is 0 Å². The molecule has 5 nitrogen and oxygen atoms in total. The molecule has 30 heavy (non-hydrogen) atoms. The number of hydrogen-bond donors (Lipinski definition) is 3. The number of carboxylic acid groups (broad SMARTS) is 1. The summed E-state index contributed by atoms with van der Waals surface area (Å²) in [5.41, 5.74) is 6.21. The van der Waals surface area contributed by atoms with Gasteiger partial charge in [0, 0.05) is 5.92 Å². The molecule has 0 saturated heterocycles. The summed E-state index contributed by atoms with van der Waals surface area (Å²) in [6, 6.07) is 15.2. The summed E-state index contributed by atoms with van der Waals surface area (Å²) < 4.78 is 5.26. The fourth-order valence-electron chi connectivity index (χ4n) is 3.79. The number of aliphatic carboxylic acids is 1. The number of aromatic hydroxyl groups is 2. The third kappa shape index (κ3) is 4.40. The molecule has 0 saturated carbocycles. The second-order valence-corrected chi connectivity index (χ2v) is 7.69. The molecule has 156 valence electrons. The Morgan fingerprint density at radius 1 is 0.767 bits per heavy atom. The monoisotopic (exact) mass is 406 g/mol. The Kier molecular flexibility index (Phi) is 6.01. The minimum atomic E-state index is -1.03. The molecule has 0 amide bonds. The third-order valence-corrected chi connectivity index (χ3v) is 5.27. The van der Waals surface area contributed by atoms with Crippen LogP contribution in [-0.4, -0.2) is 27.9 Å². The zero-order valence-electron chi connectivity index (χ0n) is 17.6. The van der Waals surface area contributed by atoms with Crippen LogP contribution in [0.2, 0.25) is 0 Å². The summed E-state index contributed by atoms with van der Waals surface area (Å²) >= 11 is 0. The summed E-state index contributed by atoms with van der Waals surface area (Å²) in [6.45, 7) is 7.10. The number of aryl methyl sites for hydroxylation is 4. The van der Waals surface area contributed by atoms with E-state index < -0.39 is 12.6 Å². The highest BCUT2D eigenvalue weighted by Crippen LogP contribution is 2.38. The van der Waals surface area contributed by atoms with Crippen molar-refractivity contribution >= 4 is 5.97 Å². The van der Waals surface area contributed by atoms with Crippen LogP contribution < -0.4 is 4.74 Å². The maximum absolute atomic E-state index is 10.7. The third-order valence-electron chi connectivity index (χ3n) is 5.27. The van der Waals surface area contributed by atoms with Gasteiger partial charge < -0.3 is 20.1 Å². The molecule has 3 aromatic carbocycles. The van der Waals surface area contributed by atoms with Gasteiger partial charge in [0.05, 0.1) is 0 Å². The number of benzene rings is 3. The van der Waals surface area contributed by atoms with Gasteiger partial charge in [-0.05, 0) is 78.8 Å². The Labute approximate surface area is 176 Å². The van der Waals surface area contributed by atoms with Crippen molar-refractivity contribution in [3.8, 4) is 17.2 Å². The summed E-state index contributed by atoms with van der Waals surface area (Å²) in [4.78, 5) is 10.7. The fraction of sp³-hybridized carbons (Fsp3) is 0.240. The first kappa shape index (κ1) is 21.2. The zero-order chi connectivity index (χ0) is 22.0. The SMILES string of the molecule is Cc1cc(C(c2ccc(OCC(=O)O)cc2)c2cc(C)c(O)c(C)c2)cc(C)c1O. The molecule has 3 rings (SSSR count). The van der Waals surface area contributed by atoms with Gasteiger partial charge in [-0.25, -0.2) is 4.79 Å². The molecule has 0 aliphatic heterocycles. The second kappa shape index (κ2) is 8.49. The van der Waals surface area contributed by atoms with E-state index in [1.54, 1.807) is 12.1 Å². The molecule has 5 heteroatoms. The van der Waals surface area contributed by atoms with Crippen LogP contribution >= 0.6 is 0 Å². The predicted octanol–water partition coefficient (Wildman–Crippen LogP) is 4.98. The smallest absolute Gasteiger partial charge is 0.341 e. The van der Waals surface area contributed by atoms with Gasteiger partial charge in [-0.3, -0.25) is 0 Å². The molecular weight excluding hydrogens is 380 g/mol. The predicted molar refractivity (Wildman–Crippen MR) is 116 cm³/mol. The van der Waals surface area contributed by atoms with E-state index in [-0.39, 0.29) is 17.4 Å². The van der Waals surface area contributed by atoms with E-state index in [0.717, 1.165) is 38.9 Å². The van der Waals surface area contributed by atoms with Crippen molar-refractivity contribution in [3.05, 3.63) is 87.5 Å². The number of hydrogen-bond acceptors (Lipinski definition) is 4. The normalized spacial score (nSPS) is 11.0. The number of carbonyl (C=O) groups is 1. The molecule has 0 aliphatic rings. The summed E-state index contributed by atoms with van der Waals surface area (Å²) in [5, 5.41) is 29.2. The first-order valence-electron chi connectivity index (χ1n) is 9.72. The highest BCUT2D eigenvalue weighted by atomic mass is 16.5.